The molecule has 0 saturated heterocycles. The van der Waals surface area contributed by atoms with Gasteiger partial charge in [0.15, 0.2) is 0 Å². The van der Waals surface area contributed by atoms with E-state index in [9.17, 15) is 0 Å². The maximum absolute atomic E-state index is 4.44. The molecule has 0 bridgehead atoms. The van der Waals surface area contributed by atoms with Gasteiger partial charge in [-0.05, 0) is 20.3 Å². The lowest BCUT2D eigenvalue weighted by Crippen LogP contribution is -2.25. The molecule has 0 aliphatic carbocycles. The third kappa shape index (κ3) is 5.28. The highest BCUT2D eigenvalue weighted by Gasteiger charge is 2.03. The molecule has 3 heteroatoms. The Balaban J connectivity index is 2.13. The number of hydrogen-bond acceptors (Lipinski definition) is 3. The first kappa shape index (κ1) is 12.7. The van der Waals surface area contributed by atoms with Gasteiger partial charge < -0.3 is 5.32 Å². The number of nitrogens with zero attached hydrogens (tertiary/aromatic N) is 1. The molecule has 0 saturated carbocycles. The van der Waals surface area contributed by atoms with Crippen molar-refractivity contribution in [2.45, 2.75) is 59.0 Å². The minimum Gasteiger partial charge on any atom is -0.308 e. The second kappa shape index (κ2) is 6.96. The third-order valence-electron chi connectivity index (χ3n) is 2.51. The Kier molecular flexibility index (Phi) is 5.88. The van der Waals surface area contributed by atoms with Crippen molar-refractivity contribution in [2.24, 2.45) is 0 Å². The topological polar surface area (TPSA) is 24.9 Å². The number of nitrogens with one attached hydrogen (secondary N) is 1. The maximum Gasteiger partial charge on any atom is 0.107 e. The fourth-order valence-corrected chi connectivity index (χ4v) is 2.27. The fourth-order valence-electron chi connectivity index (χ4n) is 1.55. The molecular weight excluding hydrogens is 204 g/mol. The van der Waals surface area contributed by atoms with Crippen LogP contribution in [0.4, 0.5) is 0 Å². The van der Waals surface area contributed by atoms with E-state index in [-0.39, 0.29) is 0 Å². The van der Waals surface area contributed by atoms with Crippen LogP contribution in [0.2, 0.25) is 0 Å². The Bertz CT molecular complexity index is 270. The van der Waals surface area contributed by atoms with E-state index < -0.39 is 0 Å². The molecule has 1 aromatic heterocycles. The molecule has 0 amide bonds. The smallest absolute Gasteiger partial charge is 0.107 e. The predicted octanol–water partition coefficient (Wildman–Crippen LogP) is 3.51. The van der Waals surface area contributed by atoms with Crippen molar-refractivity contribution in [3.05, 3.63) is 16.1 Å². The molecule has 0 aliphatic heterocycles. The lowest BCUT2D eigenvalue weighted by atomic mass is 10.1. The van der Waals surface area contributed by atoms with Crippen molar-refractivity contribution < 1.29 is 0 Å². The summed E-state index contributed by atoms with van der Waals surface area (Å²) in [5.41, 5.74) is 1.13. The summed E-state index contributed by atoms with van der Waals surface area (Å²) in [5.74, 6) is 0. The SMILES string of the molecule is CCCCCC(C)NCc1nc(C)cs1. The Morgan fingerprint density at radius 1 is 1.47 bits per heavy atom. The van der Waals surface area contributed by atoms with Gasteiger partial charge >= 0.3 is 0 Å². The fraction of sp³-hybridized carbons (Fsp3) is 0.750. The zero-order chi connectivity index (χ0) is 11.1. The summed E-state index contributed by atoms with van der Waals surface area (Å²) in [7, 11) is 0. The van der Waals surface area contributed by atoms with E-state index >= 15 is 0 Å². The molecule has 1 atom stereocenters. The summed E-state index contributed by atoms with van der Waals surface area (Å²) >= 11 is 1.75. The van der Waals surface area contributed by atoms with Crippen molar-refractivity contribution in [3.8, 4) is 0 Å². The van der Waals surface area contributed by atoms with Gasteiger partial charge in [-0.15, -0.1) is 11.3 Å². The van der Waals surface area contributed by atoms with E-state index in [2.05, 4.69) is 29.5 Å². The number of thiazole rings is 1. The molecule has 1 rings (SSSR count). The highest BCUT2D eigenvalue weighted by Crippen LogP contribution is 2.09. The Labute approximate surface area is 97.1 Å². The molecule has 0 aromatic carbocycles. The second-order valence-electron chi connectivity index (χ2n) is 4.16. The molecule has 0 radical (unpaired) electrons. The first-order valence-electron chi connectivity index (χ1n) is 5.86. The Morgan fingerprint density at radius 3 is 2.87 bits per heavy atom. The van der Waals surface area contributed by atoms with E-state index in [4.69, 9.17) is 0 Å². The molecule has 1 N–H and O–H groups in total. The molecule has 15 heavy (non-hydrogen) atoms. The van der Waals surface area contributed by atoms with Crippen LogP contribution in [0.25, 0.3) is 0 Å². The van der Waals surface area contributed by atoms with Crippen LogP contribution in [0.1, 0.15) is 50.2 Å². The molecule has 1 aromatic rings. The quantitative estimate of drug-likeness (QED) is 0.720. The van der Waals surface area contributed by atoms with E-state index in [1.165, 1.54) is 30.7 Å². The van der Waals surface area contributed by atoms with E-state index in [1.807, 2.05) is 6.92 Å². The van der Waals surface area contributed by atoms with Crippen LogP contribution in [0, 0.1) is 6.92 Å². The zero-order valence-corrected chi connectivity index (χ0v) is 10.9. The van der Waals surface area contributed by atoms with E-state index in [1.54, 1.807) is 11.3 Å². The highest BCUT2D eigenvalue weighted by atomic mass is 32.1. The van der Waals surface area contributed by atoms with Gasteiger partial charge in [0.05, 0.1) is 0 Å². The van der Waals surface area contributed by atoms with Gasteiger partial charge in [-0.25, -0.2) is 4.98 Å². The van der Waals surface area contributed by atoms with Crippen LogP contribution >= 0.6 is 11.3 Å². The van der Waals surface area contributed by atoms with Crippen LogP contribution in [0.3, 0.4) is 0 Å². The number of unbranched alkanes of at least 4 members (excludes halogenated alkanes) is 2. The summed E-state index contributed by atoms with van der Waals surface area (Å²) in [5, 5.41) is 6.83. The normalized spacial score (nSPS) is 13.0. The van der Waals surface area contributed by atoms with Gasteiger partial charge in [0.1, 0.15) is 5.01 Å². The number of rotatable bonds is 7. The highest BCUT2D eigenvalue weighted by molar-refractivity contribution is 7.09. The lowest BCUT2D eigenvalue weighted by molar-refractivity contribution is 0.486. The molecule has 0 spiro atoms. The lowest BCUT2D eigenvalue weighted by Gasteiger charge is -2.11. The molecule has 86 valence electrons. The first-order valence-corrected chi connectivity index (χ1v) is 6.74. The molecule has 2 nitrogen and oxygen atoms in total. The van der Waals surface area contributed by atoms with Crippen LogP contribution < -0.4 is 5.32 Å². The van der Waals surface area contributed by atoms with E-state index in [0.29, 0.717) is 6.04 Å². The van der Waals surface area contributed by atoms with Gasteiger partial charge in [0.25, 0.3) is 0 Å². The zero-order valence-electron chi connectivity index (χ0n) is 10.0. The monoisotopic (exact) mass is 226 g/mol. The van der Waals surface area contributed by atoms with Gasteiger partial charge in [0.2, 0.25) is 0 Å². The average molecular weight is 226 g/mol. The van der Waals surface area contributed by atoms with Crippen molar-refractivity contribution >= 4 is 11.3 Å². The predicted molar refractivity (Wildman–Crippen MR) is 67.3 cm³/mol. The van der Waals surface area contributed by atoms with Gasteiger partial charge in [-0.3, -0.25) is 0 Å². The number of aryl methyl sites for hydroxylation is 1. The number of hydrogen-bond donors (Lipinski definition) is 1. The summed E-state index contributed by atoms with van der Waals surface area (Å²) in [4.78, 5) is 4.44. The van der Waals surface area contributed by atoms with Gasteiger partial charge in [0, 0.05) is 23.7 Å². The summed E-state index contributed by atoms with van der Waals surface area (Å²) in [6.07, 6.45) is 5.26. The van der Waals surface area contributed by atoms with Crippen LogP contribution in [-0.4, -0.2) is 11.0 Å². The Morgan fingerprint density at radius 2 is 2.27 bits per heavy atom. The van der Waals surface area contributed by atoms with Crippen LogP contribution in [-0.2, 0) is 6.54 Å². The summed E-state index contributed by atoms with van der Waals surface area (Å²) in [6, 6.07) is 0.612. The minimum absolute atomic E-state index is 0.612. The summed E-state index contributed by atoms with van der Waals surface area (Å²) < 4.78 is 0. The molecular formula is C12H22N2S. The van der Waals surface area contributed by atoms with E-state index in [0.717, 1.165) is 12.2 Å². The Hall–Kier alpha value is -0.410. The number of aromatic nitrogens is 1. The summed E-state index contributed by atoms with van der Waals surface area (Å²) in [6.45, 7) is 7.48. The standard InChI is InChI=1S/C12H22N2S/c1-4-5-6-7-10(2)13-8-12-14-11(3)9-15-12/h9-10,13H,4-8H2,1-3H3. The molecule has 1 heterocycles. The largest absolute Gasteiger partial charge is 0.308 e. The second-order valence-corrected chi connectivity index (χ2v) is 5.10. The van der Waals surface area contributed by atoms with Gasteiger partial charge in [-0.1, -0.05) is 26.2 Å². The van der Waals surface area contributed by atoms with Crippen LogP contribution in [0.15, 0.2) is 5.38 Å². The average Bonchev–Trinajstić information content (AvgIpc) is 2.62. The maximum atomic E-state index is 4.44. The molecule has 0 aliphatic rings. The first-order chi connectivity index (χ1) is 7.22. The van der Waals surface area contributed by atoms with Gasteiger partial charge in [-0.2, -0.15) is 0 Å². The van der Waals surface area contributed by atoms with Crippen LogP contribution in [0.5, 0.6) is 0 Å². The molecule has 0 fully saturated rings. The third-order valence-corrected chi connectivity index (χ3v) is 3.48. The minimum atomic E-state index is 0.612. The van der Waals surface area contributed by atoms with Crippen molar-refractivity contribution in [1.29, 1.82) is 0 Å². The van der Waals surface area contributed by atoms with Crippen molar-refractivity contribution in [2.75, 3.05) is 0 Å². The van der Waals surface area contributed by atoms with Crippen molar-refractivity contribution in [1.82, 2.24) is 10.3 Å². The van der Waals surface area contributed by atoms with Crippen molar-refractivity contribution in [3.63, 3.8) is 0 Å². The molecule has 1 unspecified atom stereocenters.